The number of hydrogen-bond acceptors (Lipinski definition) is 8. The molecule has 0 saturated heterocycles. The molecule has 0 aliphatic heterocycles. The molecule has 0 atom stereocenters. The van der Waals surface area contributed by atoms with Crippen molar-refractivity contribution in [3.63, 3.8) is 0 Å². The average molecular weight is 522 g/mol. The number of carbonyl (C=O) groups excluding carboxylic acids is 1. The summed E-state index contributed by atoms with van der Waals surface area (Å²) in [6.07, 6.45) is 0. The Kier molecular flexibility index (Phi) is 7.35. The number of hydrogen-bond donors (Lipinski definition) is 0. The molecule has 0 aliphatic carbocycles. The average Bonchev–Trinajstić information content (AvgIpc) is 3.17. The maximum Gasteiger partial charge on any atom is 0.286 e. The molecule has 0 radical (unpaired) electrons. The maximum absolute atomic E-state index is 13.9. The molecule has 4 aromatic rings. The fourth-order valence-electron chi connectivity index (χ4n) is 3.88. The standard InChI is InChI=1S/C26H23N3O7S/c1-16-24(37-22-13-9-8-12-19(22)29(32)33)26(31)28(18-10-6-5-7-11-18)27(16)25(30)17-14-20(34-2)23(36-4)21(15-17)35-3/h5-15H,1-4H3. The van der Waals surface area contributed by atoms with Crippen molar-refractivity contribution in [1.29, 1.82) is 0 Å². The molecule has 11 heteroatoms. The van der Waals surface area contributed by atoms with Crippen molar-refractivity contribution in [2.75, 3.05) is 21.3 Å². The van der Waals surface area contributed by atoms with E-state index in [0.29, 0.717) is 17.1 Å². The van der Waals surface area contributed by atoms with Crippen LogP contribution in [0.15, 0.2) is 81.3 Å². The molecule has 0 fully saturated rings. The number of benzene rings is 3. The molecule has 1 aromatic heterocycles. The lowest BCUT2D eigenvalue weighted by atomic mass is 10.1. The van der Waals surface area contributed by atoms with E-state index < -0.39 is 16.4 Å². The van der Waals surface area contributed by atoms with Gasteiger partial charge >= 0.3 is 0 Å². The van der Waals surface area contributed by atoms with E-state index in [1.54, 1.807) is 55.5 Å². The first kappa shape index (κ1) is 25.6. The van der Waals surface area contributed by atoms with Gasteiger partial charge in [-0.1, -0.05) is 42.1 Å². The minimum atomic E-state index is -0.535. The highest BCUT2D eigenvalue weighted by atomic mass is 32.2. The van der Waals surface area contributed by atoms with Gasteiger partial charge in [0.2, 0.25) is 5.75 Å². The van der Waals surface area contributed by atoms with E-state index in [-0.39, 0.29) is 32.5 Å². The number of nitrogens with zero attached hydrogens (tertiary/aromatic N) is 3. The van der Waals surface area contributed by atoms with E-state index in [0.717, 1.165) is 11.8 Å². The second kappa shape index (κ2) is 10.6. The number of rotatable bonds is 8. The number of nitro benzene ring substituents is 1. The Morgan fingerprint density at radius 3 is 2.08 bits per heavy atom. The smallest absolute Gasteiger partial charge is 0.286 e. The molecular formula is C26H23N3O7S. The van der Waals surface area contributed by atoms with Gasteiger partial charge in [0, 0.05) is 11.6 Å². The highest BCUT2D eigenvalue weighted by molar-refractivity contribution is 7.99. The van der Waals surface area contributed by atoms with E-state index in [2.05, 4.69) is 0 Å². The third-order valence-electron chi connectivity index (χ3n) is 5.61. The number of para-hydroxylation sites is 2. The van der Waals surface area contributed by atoms with Crippen molar-refractivity contribution in [3.8, 4) is 22.9 Å². The van der Waals surface area contributed by atoms with Crippen LogP contribution in [0.1, 0.15) is 16.1 Å². The Bertz CT molecular complexity index is 1520. The summed E-state index contributed by atoms with van der Waals surface area (Å²) in [5, 5.41) is 11.6. The van der Waals surface area contributed by atoms with Crippen LogP contribution in [-0.4, -0.2) is 41.5 Å². The number of ether oxygens (including phenoxy) is 3. The Hall–Kier alpha value is -4.51. The molecule has 0 spiro atoms. The lowest BCUT2D eigenvalue weighted by Crippen LogP contribution is -2.27. The van der Waals surface area contributed by atoms with Crippen LogP contribution in [0.3, 0.4) is 0 Å². The van der Waals surface area contributed by atoms with Crippen molar-refractivity contribution in [2.24, 2.45) is 0 Å². The van der Waals surface area contributed by atoms with Gasteiger partial charge in [-0.05, 0) is 37.3 Å². The van der Waals surface area contributed by atoms with Crippen molar-refractivity contribution in [1.82, 2.24) is 9.36 Å². The van der Waals surface area contributed by atoms with Crippen molar-refractivity contribution < 1.29 is 23.9 Å². The summed E-state index contributed by atoms with van der Waals surface area (Å²) in [7, 11) is 4.33. The van der Waals surface area contributed by atoms with Gasteiger partial charge in [-0.2, -0.15) is 0 Å². The second-order valence-corrected chi connectivity index (χ2v) is 8.78. The van der Waals surface area contributed by atoms with Crippen molar-refractivity contribution >= 4 is 23.4 Å². The number of carbonyl (C=O) groups is 1. The molecule has 0 unspecified atom stereocenters. The first-order chi connectivity index (χ1) is 17.8. The van der Waals surface area contributed by atoms with Gasteiger partial charge in [-0.3, -0.25) is 19.7 Å². The van der Waals surface area contributed by atoms with Gasteiger partial charge in [0.05, 0.1) is 42.5 Å². The van der Waals surface area contributed by atoms with Crippen LogP contribution in [0.4, 0.5) is 5.69 Å². The summed E-state index contributed by atoms with van der Waals surface area (Å²) < 4.78 is 18.6. The lowest BCUT2D eigenvalue weighted by Gasteiger charge is -2.16. The molecule has 190 valence electrons. The summed E-state index contributed by atoms with van der Waals surface area (Å²) in [4.78, 5) is 39.1. The fourth-order valence-corrected chi connectivity index (χ4v) is 4.90. The lowest BCUT2D eigenvalue weighted by molar-refractivity contribution is -0.387. The predicted molar refractivity (Wildman–Crippen MR) is 138 cm³/mol. The summed E-state index contributed by atoms with van der Waals surface area (Å²) in [6, 6.07) is 17.8. The quantitative estimate of drug-likeness (QED) is 0.242. The van der Waals surface area contributed by atoms with Crippen molar-refractivity contribution in [3.05, 3.63) is 98.5 Å². The third kappa shape index (κ3) is 4.68. The number of methoxy groups -OCH3 is 3. The van der Waals surface area contributed by atoms with E-state index in [1.165, 1.54) is 48.9 Å². The van der Waals surface area contributed by atoms with Crippen LogP contribution in [0, 0.1) is 17.0 Å². The molecule has 0 aliphatic rings. The SMILES string of the molecule is COc1cc(C(=O)n2c(C)c(Sc3ccccc3[N+](=O)[O-])c(=O)n2-c2ccccc2)cc(OC)c1OC. The Morgan fingerprint density at radius 2 is 1.51 bits per heavy atom. The van der Waals surface area contributed by atoms with Crippen LogP contribution < -0.4 is 19.8 Å². The van der Waals surface area contributed by atoms with E-state index >= 15 is 0 Å². The minimum Gasteiger partial charge on any atom is -0.493 e. The zero-order valence-electron chi connectivity index (χ0n) is 20.5. The van der Waals surface area contributed by atoms with E-state index in [4.69, 9.17) is 14.2 Å². The normalized spacial score (nSPS) is 10.7. The molecule has 10 nitrogen and oxygen atoms in total. The van der Waals surface area contributed by atoms with Gasteiger partial charge in [0.1, 0.15) is 4.90 Å². The van der Waals surface area contributed by atoms with Crippen LogP contribution in [0.2, 0.25) is 0 Å². The summed E-state index contributed by atoms with van der Waals surface area (Å²) in [6.45, 7) is 1.62. The summed E-state index contributed by atoms with van der Waals surface area (Å²) >= 11 is 0.942. The molecular weight excluding hydrogens is 498 g/mol. The van der Waals surface area contributed by atoms with Crippen LogP contribution in [0.5, 0.6) is 17.2 Å². The third-order valence-corrected chi connectivity index (χ3v) is 6.85. The first-order valence-corrected chi connectivity index (χ1v) is 11.8. The Labute approximate surface area is 216 Å². The van der Waals surface area contributed by atoms with Crippen molar-refractivity contribution in [2.45, 2.75) is 16.7 Å². The fraction of sp³-hybridized carbons (Fsp3) is 0.154. The molecule has 3 aromatic carbocycles. The Morgan fingerprint density at radius 1 is 0.919 bits per heavy atom. The van der Waals surface area contributed by atoms with Gasteiger partial charge < -0.3 is 14.2 Å². The molecule has 0 amide bonds. The second-order valence-electron chi connectivity index (χ2n) is 7.72. The van der Waals surface area contributed by atoms with Crippen LogP contribution in [-0.2, 0) is 0 Å². The van der Waals surface area contributed by atoms with Gasteiger partial charge in [-0.15, -0.1) is 0 Å². The highest BCUT2D eigenvalue weighted by Crippen LogP contribution is 2.39. The first-order valence-electron chi connectivity index (χ1n) is 11.0. The monoisotopic (exact) mass is 521 g/mol. The van der Waals surface area contributed by atoms with Gasteiger partial charge in [0.15, 0.2) is 11.5 Å². The van der Waals surface area contributed by atoms with Crippen LogP contribution in [0.25, 0.3) is 5.69 Å². The molecule has 1 heterocycles. The van der Waals surface area contributed by atoms with Gasteiger partial charge in [-0.25, -0.2) is 9.36 Å². The molecule has 4 rings (SSSR count). The molecule has 0 N–H and O–H groups in total. The van der Waals surface area contributed by atoms with Crippen LogP contribution >= 0.6 is 11.8 Å². The van der Waals surface area contributed by atoms with E-state index in [1.807, 2.05) is 0 Å². The number of nitro groups is 1. The summed E-state index contributed by atoms with van der Waals surface area (Å²) in [5.41, 5.74) is 0.315. The molecule has 0 saturated carbocycles. The Balaban J connectivity index is 1.95. The zero-order chi connectivity index (χ0) is 26.7. The zero-order valence-corrected chi connectivity index (χ0v) is 21.3. The molecule has 0 bridgehead atoms. The maximum atomic E-state index is 13.9. The molecule has 37 heavy (non-hydrogen) atoms. The largest absolute Gasteiger partial charge is 0.493 e. The predicted octanol–water partition coefficient (Wildman–Crippen LogP) is 4.72. The minimum absolute atomic E-state index is 0.138. The van der Waals surface area contributed by atoms with Gasteiger partial charge in [0.25, 0.3) is 17.2 Å². The highest BCUT2D eigenvalue weighted by Gasteiger charge is 2.27. The summed E-state index contributed by atoms with van der Waals surface area (Å²) in [5.74, 6) is 0.335. The number of aromatic nitrogens is 2. The topological polar surface area (TPSA) is 115 Å². The van der Waals surface area contributed by atoms with E-state index in [9.17, 15) is 19.7 Å².